The molecule has 0 amide bonds. The number of likely N-dealkylation sites (N-methyl/N-ethyl adjacent to an activating group) is 1. The van der Waals surface area contributed by atoms with Crippen LogP contribution in [0.2, 0.25) is 0 Å². The zero-order valence-corrected chi connectivity index (χ0v) is 45.8. The lowest BCUT2D eigenvalue weighted by Gasteiger charge is -2.34. The van der Waals surface area contributed by atoms with Gasteiger partial charge in [0.05, 0.1) is 24.2 Å². The summed E-state index contributed by atoms with van der Waals surface area (Å²) in [6.45, 7) is 13.2. The van der Waals surface area contributed by atoms with Crippen molar-refractivity contribution in [2.24, 2.45) is 0 Å². The van der Waals surface area contributed by atoms with E-state index in [1.165, 1.54) is 16.7 Å². The third-order valence-electron chi connectivity index (χ3n) is 16.4. The van der Waals surface area contributed by atoms with Crippen LogP contribution < -0.4 is 39.4 Å². The molecule has 4 fully saturated rings. The fourth-order valence-corrected chi connectivity index (χ4v) is 11.7. The van der Waals surface area contributed by atoms with E-state index in [0.717, 1.165) is 172 Å². The van der Waals surface area contributed by atoms with Crippen molar-refractivity contribution in [3.63, 3.8) is 0 Å². The number of hydrogen-bond donors (Lipinski definition) is 2. The van der Waals surface area contributed by atoms with E-state index in [9.17, 15) is 0 Å². The number of likely N-dealkylation sites (tertiary alicyclic amines) is 2. The van der Waals surface area contributed by atoms with Crippen LogP contribution in [0.1, 0.15) is 47.9 Å². The first-order valence-electron chi connectivity index (χ1n) is 28.7. The first-order chi connectivity index (χ1) is 39.5. The number of anilines is 4. The number of fused-ring (bicyclic) bond motifs is 3. The molecule has 0 aliphatic carbocycles. The third kappa shape index (κ3) is 12.0. The molecule has 0 unspecified atom stereocenters. The van der Waals surface area contributed by atoms with E-state index in [0.29, 0.717) is 43.9 Å². The van der Waals surface area contributed by atoms with Gasteiger partial charge in [0.25, 0.3) is 0 Å². The molecule has 5 aliphatic heterocycles. The van der Waals surface area contributed by atoms with Crippen molar-refractivity contribution in [2.45, 2.75) is 64.1 Å². The Morgan fingerprint density at radius 2 is 1.05 bits per heavy atom. The Morgan fingerprint density at radius 1 is 0.500 bits per heavy atom. The van der Waals surface area contributed by atoms with Crippen molar-refractivity contribution in [2.75, 3.05) is 113 Å². The molecule has 8 aromatic rings. The lowest BCUT2D eigenvalue weighted by Crippen LogP contribution is -2.45. The number of piperidine rings is 2. The molecule has 7 heterocycles. The van der Waals surface area contributed by atoms with Gasteiger partial charge in [-0.3, -0.25) is 9.80 Å². The van der Waals surface area contributed by atoms with Crippen molar-refractivity contribution in [1.82, 2.24) is 34.6 Å². The van der Waals surface area contributed by atoms with Gasteiger partial charge in [0, 0.05) is 114 Å². The van der Waals surface area contributed by atoms with Gasteiger partial charge < -0.3 is 49.0 Å². The summed E-state index contributed by atoms with van der Waals surface area (Å²) >= 11 is 0. The first kappa shape index (κ1) is 51.7. The van der Waals surface area contributed by atoms with Gasteiger partial charge in [0.1, 0.15) is 24.8 Å². The lowest BCUT2D eigenvalue weighted by atomic mass is 9.97. The molecule has 4 saturated heterocycles. The highest BCUT2D eigenvalue weighted by Crippen LogP contribution is 2.40. The molecule has 80 heavy (non-hydrogen) atoms. The van der Waals surface area contributed by atoms with Crippen LogP contribution in [0.15, 0.2) is 133 Å². The van der Waals surface area contributed by atoms with Crippen LogP contribution in [0.5, 0.6) is 23.0 Å². The van der Waals surface area contributed by atoms with E-state index in [1.54, 1.807) is 0 Å². The zero-order valence-electron chi connectivity index (χ0n) is 45.8. The summed E-state index contributed by atoms with van der Waals surface area (Å²) in [6.07, 6.45) is 4.02. The van der Waals surface area contributed by atoms with E-state index in [4.69, 9.17) is 43.6 Å². The summed E-state index contributed by atoms with van der Waals surface area (Å²) in [6, 6.07) is 47.4. The van der Waals surface area contributed by atoms with Crippen molar-refractivity contribution in [3.05, 3.63) is 156 Å². The summed E-state index contributed by atoms with van der Waals surface area (Å²) in [5.41, 5.74) is 8.87. The van der Waals surface area contributed by atoms with Gasteiger partial charge in [-0.2, -0.15) is 9.97 Å². The van der Waals surface area contributed by atoms with Gasteiger partial charge in [-0.25, -0.2) is 9.97 Å². The standard InChI is InChI=1S/C64H71N11O5/c1-71-27-29-74(30-28-71)63-67-55-38-59(57(77-42-46-13-6-3-7-14-46)36-53(55)61(69-63)65-50-19-23-72(24-20-50)40-45-11-4-2-5-12-45)78-43-47-15-10-17-48(35-47)52-18-9-8-16-49(52)41-73-25-21-51(22-26-73)66-62-54-37-58-60(80-44-79-58)39-56(54)68-64(70-62)75-31-33-76-34-32-75/h2-18,35-39,50-51H,19-34,40-44H2,1H3,(H,65,67,69)(H,66,68,70). The minimum Gasteiger partial charge on any atom is -0.485 e. The van der Waals surface area contributed by atoms with Crippen molar-refractivity contribution in [1.29, 1.82) is 0 Å². The van der Waals surface area contributed by atoms with Crippen LogP contribution in [0.25, 0.3) is 32.9 Å². The van der Waals surface area contributed by atoms with Crippen LogP contribution in [0.3, 0.4) is 0 Å². The minimum absolute atomic E-state index is 0.212. The Balaban J connectivity index is 0.716. The average Bonchev–Trinajstić information content (AvgIpc) is 3.98. The molecule has 5 aliphatic rings. The molecule has 6 aromatic carbocycles. The molecule has 13 rings (SSSR count). The summed E-state index contributed by atoms with van der Waals surface area (Å²) in [4.78, 5) is 32.7. The molecule has 16 nitrogen and oxygen atoms in total. The molecule has 0 saturated carbocycles. The van der Waals surface area contributed by atoms with Gasteiger partial charge in [-0.05, 0) is 84.3 Å². The average molecular weight is 1070 g/mol. The van der Waals surface area contributed by atoms with Crippen molar-refractivity contribution in [3.8, 4) is 34.1 Å². The largest absolute Gasteiger partial charge is 0.485 e. The maximum Gasteiger partial charge on any atom is 0.231 e. The Morgan fingerprint density at radius 3 is 1.74 bits per heavy atom. The number of benzene rings is 6. The molecule has 412 valence electrons. The first-order valence-corrected chi connectivity index (χ1v) is 28.7. The van der Waals surface area contributed by atoms with Crippen molar-refractivity contribution < 1.29 is 23.7 Å². The van der Waals surface area contributed by atoms with E-state index < -0.39 is 0 Å². The minimum atomic E-state index is 0.212. The maximum atomic E-state index is 6.87. The normalized spacial score (nSPS) is 17.8. The van der Waals surface area contributed by atoms with Crippen LogP contribution >= 0.6 is 0 Å². The Labute approximate surface area is 468 Å². The second-order valence-electron chi connectivity index (χ2n) is 22.0. The number of morpholine rings is 1. The number of nitrogens with one attached hydrogen (secondary N) is 2. The molecule has 2 N–H and O–H groups in total. The van der Waals surface area contributed by atoms with E-state index in [-0.39, 0.29) is 18.9 Å². The number of aromatic nitrogens is 4. The second kappa shape index (κ2) is 23.9. The Hall–Kier alpha value is -7.76. The van der Waals surface area contributed by atoms with Crippen LogP contribution in [-0.2, 0) is 31.0 Å². The van der Waals surface area contributed by atoms with Crippen LogP contribution in [0.4, 0.5) is 23.5 Å². The number of ether oxygens (including phenoxy) is 5. The molecular weight excluding hydrogens is 1000 g/mol. The molecule has 0 spiro atoms. The Kier molecular flexibility index (Phi) is 15.4. The summed E-state index contributed by atoms with van der Waals surface area (Å²) in [7, 11) is 2.18. The molecule has 0 atom stereocenters. The fraction of sp³-hybridized carbons (Fsp3) is 0.375. The van der Waals surface area contributed by atoms with E-state index in [1.807, 2.05) is 30.3 Å². The Bertz CT molecular complexity index is 3400. The highest BCUT2D eigenvalue weighted by molar-refractivity contribution is 5.94. The van der Waals surface area contributed by atoms with Gasteiger partial charge in [-0.15, -0.1) is 0 Å². The summed E-state index contributed by atoms with van der Waals surface area (Å²) in [5.74, 6) is 5.91. The number of piperazine rings is 1. The van der Waals surface area contributed by atoms with E-state index in [2.05, 4.69) is 145 Å². The molecule has 0 radical (unpaired) electrons. The second-order valence-corrected chi connectivity index (χ2v) is 22.0. The molecule has 0 bridgehead atoms. The highest BCUT2D eigenvalue weighted by atomic mass is 16.7. The quantitative estimate of drug-likeness (QED) is 0.0894. The zero-order chi connectivity index (χ0) is 53.6. The molecule has 16 heteroatoms. The number of rotatable bonds is 17. The van der Waals surface area contributed by atoms with E-state index >= 15 is 0 Å². The topological polar surface area (TPSA) is 138 Å². The third-order valence-corrected chi connectivity index (χ3v) is 16.4. The van der Waals surface area contributed by atoms with Gasteiger partial charge in [0.15, 0.2) is 23.0 Å². The SMILES string of the molecule is CN1CCN(c2nc(NC3CCN(Cc4ccccc4)CC3)c3cc(OCc4ccccc4)c(OCc4cccc(-c5ccccc5CN5CCC(Nc6nc(N7CCOCC7)nc7cc8c(cc67)OCO8)CC5)c4)cc3n2)CC1. The fourth-order valence-electron chi connectivity index (χ4n) is 11.7. The summed E-state index contributed by atoms with van der Waals surface area (Å²) in [5, 5.41) is 9.65. The van der Waals surface area contributed by atoms with Crippen LogP contribution in [-0.4, -0.2) is 139 Å². The number of hydrogen-bond acceptors (Lipinski definition) is 16. The van der Waals surface area contributed by atoms with Crippen molar-refractivity contribution >= 4 is 45.3 Å². The van der Waals surface area contributed by atoms with Crippen LogP contribution in [0, 0.1) is 0 Å². The lowest BCUT2D eigenvalue weighted by molar-refractivity contribution is 0.122. The predicted molar refractivity (Wildman–Crippen MR) is 315 cm³/mol. The van der Waals surface area contributed by atoms with Gasteiger partial charge in [-0.1, -0.05) is 103 Å². The van der Waals surface area contributed by atoms with Gasteiger partial charge >= 0.3 is 0 Å². The smallest absolute Gasteiger partial charge is 0.231 e. The molecular formula is C64H71N11O5. The number of nitrogens with zero attached hydrogens (tertiary/aromatic N) is 9. The highest BCUT2D eigenvalue weighted by Gasteiger charge is 2.27. The predicted octanol–water partition coefficient (Wildman–Crippen LogP) is 9.87. The van der Waals surface area contributed by atoms with Gasteiger partial charge in [0.2, 0.25) is 18.7 Å². The monoisotopic (exact) mass is 1070 g/mol. The summed E-state index contributed by atoms with van der Waals surface area (Å²) < 4.78 is 30.7. The maximum absolute atomic E-state index is 6.87. The molecule has 2 aromatic heterocycles.